The topological polar surface area (TPSA) is 145 Å². The molecule has 2 aromatic rings. The number of benzene rings is 2. The number of nitrogens with zero attached hydrogens (tertiary/aromatic N) is 3. The molecule has 4 amide bonds. The molecule has 0 bridgehead atoms. The first kappa shape index (κ1) is 19.5. The van der Waals surface area contributed by atoms with Gasteiger partial charge in [0.1, 0.15) is 12.1 Å². The fourth-order valence-electron chi connectivity index (χ4n) is 2.98. The van der Waals surface area contributed by atoms with E-state index in [2.05, 4.69) is 10.6 Å². The predicted molar refractivity (Wildman–Crippen MR) is 100 cm³/mol. The summed E-state index contributed by atoms with van der Waals surface area (Å²) >= 11 is 0. The maximum absolute atomic E-state index is 12.9. The highest BCUT2D eigenvalue weighted by atomic mass is 16.6. The number of anilines is 1. The van der Waals surface area contributed by atoms with E-state index in [1.54, 1.807) is 18.2 Å². The number of rotatable bonds is 5. The molecule has 2 aromatic carbocycles. The lowest BCUT2D eigenvalue weighted by atomic mass is 9.91. The number of imide groups is 1. The van der Waals surface area contributed by atoms with Crippen LogP contribution in [0.3, 0.4) is 0 Å². The Morgan fingerprint density at radius 2 is 2.00 bits per heavy atom. The van der Waals surface area contributed by atoms with Crippen LogP contribution < -0.4 is 10.6 Å². The summed E-state index contributed by atoms with van der Waals surface area (Å²) in [5.41, 5.74) is -0.836. The minimum atomic E-state index is -1.54. The first-order valence-electron chi connectivity index (χ1n) is 8.43. The Hall–Kier alpha value is -4.26. The van der Waals surface area contributed by atoms with Crippen LogP contribution in [-0.2, 0) is 15.1 Å². The van der Waals surface area contributed by atoms with Gasteiger partial charge in [0, 0.05) is 17.8 Å². The lowest BCUT2D eigenvalue weighted by molar-refractivity contribution is -0.385. The third-order valence-corrected chi connectivity index (χ3v) is 4.49. The molecule has 1 aliphatic rings. The molecule has 2 N–H and O–H groups in total. The van der Waals surface area contributed by atoms with Crippen LogP contribution in [0.25, 0.3) is 0 Å². The molecule has 1 heterocycles. The van der Waals surface area contributed by atoms with E-state index in [1.165, 1.54) is 37.3 Å². The van der Waals surface area contributed by atoms with Crippen LogP contribution in [0.5, 0.6) is 0 Å². The lowest BCUT2D eigenvalue weighted by Gasteiger charge is -2.22. The number of non-ortho nitro benzene ring substituents is 1. The molecule has 1 aliphatic heterocycles. The molecule has 29 heavy (non-hydrogen) atoms. The maximum atomic E-state index is 12.9. The molecule has 0 saturated carbocycles. The molecule has 10 heteroatoms. The van der Waals surface area contributed by atoms with Crippen LogP contribution in [0, 0.1) is 21.4 Å². The summed E-state index contributed by atoms with van der Waals surface area (Å²) in [7, 11) is 0. The molecule has 146 valence electrons. The summed E-state index contributed by atoms with van der Waals surface area (Å²) in [6.07, 6.45) is 0. The van der Waals surface area contributed by atoms with Crippen molar-refractivity contribution in [2.45, 2.75) is 12.5 Å². The molecule has 0 spiro atoms. The molecular formula is C19H15N5O5. The normalized spacial score (nSPS) is 18.1. The molecule has 1 atom stereocenters. The molecule has 10 nitrogen and oxygen atoms in total. The van der Waals surface area contributed by atoms with Gasteiger partial charge in [0.05, 0.1) is 16.6 Å². The van der Waals surface area contributed by atoms with Crippen molar-refractivity contribution in [1.29, 1.82) is 5.26 Å². The highest BCUT2D eigenvalue weighted by Crippen LogP contribution is 2.30. The average molecular weight is 393 g/mol. The van der Waals surface area contributed by atoms with Gasteiger partial charge < -0.3 is 10.6 Å². The van der Waals surface area contributed by atoms with Crippen LogP contribution in [0.2, 0.25) is 0 Å². The molecule has 1 fully saturated rings. The third-order valence-electron chi connectivity index (χ3n) is 4.49. The second-order valence-electron chi connectivity index (χ2n) is 6.49. The SMILES string of the molecule is CC1(c2cccc([N+](=O)[O-])c2)NC(=O)N(CC(=O)Nc2cccc(C#N)c2)C1=O. The number of carbonyl (C=O) groups excluding carboxylic acids is 3. The van der Waals surface area contributed by atoms with Gasteiger partial charge in [-0.05, 0) is 30.7 Å². The Morgan fingerprint density at radius 3 is 2.69 bits per heavy atom. The predicted octanol–water partition coefficient (Wildman–Crippen LogP) is 1.87. The van der Waals surface area contributed by atoms with Crippen molar-refractivity contribution >= 4 is 29.2 Å². The van der Waals surface area contributed by atoms with E-state index in [-0.39, 0.29) is 11.3 Å². The number of hydrogen-bond acceptors (Lipinski definition) is 6. The molecule has 1 unspecified atom stereocenters. The zero-order valence-electron chi connectivity index (χ0n) is 15.2. The number of nitriles is 1. The summed E-state index contributed by atoms with van der Waals surface area (Å²) in [5.74, 6) is -1.34. The smallest absolute Gasteiger partial charge is 0.324 e. The van der Waals surface area contributed by atoms with Gasteiger partial charge in [0.15, 0.2) is 0 Å². The Labute approximate surface area is 164 Å². The Bertz CT molecular complexity index is 1080. The average Bonchev–Trinajstić information content (AvgIpc) is 2.92. The van der Waals surface area contributed by atoms with Gasteiger partial charge in [-0.2, -0.15) is 5.26 Å². The zero-order chi connectivity index (χ0) is 21.2. The van der Waals surface area contributed by atoms with E-state index in [0.29, 0.717) is 11.3 Å². The molecule has 0 aliphatic carbocycles. The lowest BCUT2D eigenvalue weighted by Crippen LogP contribution is -2.42. The number of hydrogen-bond donors (Lipinski definition) is 2. The number of nitro benzene ring substituents is 1. The largest absolute Gasteiger partial charge is 0.325 e. The van der Waals surface area contributed by atoms with E-state index in [1.807, 2.05) is 6.07 Å². The van der Waals surface area contributed by atoms with Crippen LogP contribution >= 0.6 is 0 Å². The first-order chi connectivity index (χ1) is 13.7. The van der Waals surface area contributed by atoms with E-state index >= 15 is 0 Å². The zero-order valence-corrected chi connectivity index (χ0v) is 15.2. The second kappa shape index (κ2) is 7.40. The van der Waals surface area contributed by atoms with Crippen LogP contribution in [0.15, 0.2) is 48.5 Å². The number of nitrogens with one attached hydrogen (secondary N) is 2. The van der Waals surface area contributed by atoms with Crippen molar-refractivity contribution in [2.75, 3.05) is 11.9 Å². The summed E-state index contributed by atoms with van der Waals surface area (Å²) in [4.78, 5) is 48.6. The standard InChI is InChI=1S/C19H15N5O5/c1-19(13-5-3-7-15(9-13)24(28)29)17(26)23(18(27)22-19)11-16(25)21-14-6-2-4-12(8-14)10-20/h2-9H,11H2,1H3,(H,21,25)(H,22,27). The first-order valence-corrected chi connectivity index (χ1v) is 8.43. The fourth-order valence-corrected chi connectivity index (χ4v) is 2.98. The third kappa shape index (κ3) is 3.74. The van der Waals surface area contributed by atoms with Crippen molar-refractivity contribution in [3.63, 3.8) is 0 Å². The van der Waals surface area contributed by atoms with Crippen molar-refractivity contribution in [3.05, 3.63) is 69.8 Å². The van der Waals surface area contributed by atoms with Gasteiger partial charge in [0.2, 0.25) is 5.91 Å². The maximum Gasteiger partial charge on any atom is 0.325 e. The van der Waals surface area contributed by atoms with Gasteiger partial charge in [-0.25, -0.2) is 4.79 Å². The Balaban J connectivity index is 1.78. The molecule has 0 radical (unpaired) electrons. The van der Waals surface area contributed by atoms with Crippen LogP contribution in [0.4, 0.5) is 16.2 Å². The Kier molecular flexibility index (Phi) is 4.97. The van der Waals surface area contributed by atoms with Crippen molar-refractivity contribution < 1.29 is 19.3 Å². The number of amides is 4. The summed E-state index contributed by atoms with van der Waals surface area (Å²) < 4.78 is 0. The molecular weight excluding hydrogens is 378 g/mol. The second-order valence-corrected chi connectivity index (χ2v) is 6.49. The fraction of sp³-hybridized carbons (Fsp3) is 0.158. The Morgan fingerprint density at radius 1 is 1.28 bits per heavy atom. The quantitative estimate of drug-likeness (QED) is 0.450. The minimum absolute atomic E-state index is 0.223. The van der Waals surface area contributed by atoms with E-state index in [9.17, 15) is 24.5 Å². The van der Waals surface area contributed by atoms with Crippen molar-refractivity contribution in [3.8, 4) is 6.07 Å². The van der Waals surface area contributed by atoms with Gasteiger partial charge in [0.25, 0.3) is 11.6 Å². The van der Waals surface area contributed by atoms with Crippen LogP contribution in [0.1, 0.15) is 18.1 Å². The van der Waals surface area contributed by atoms with E-state index in [4.69, 9.17) is 5.26 Å². The molecule has 3 rings (SSSR count). The number of carbonyl (C=O) groups is 3. The van der Waals surface area contributed by atoms with Gasteiger partial charge in [-0.1, -0.05) is 18.2 Å². The summed E-state index contributed by atoms with van der Waals surface area (Å²) in [5, 5.41) is 24.9. The monoisotopic (exact) mass is 393 g/mol. The van der Waals surface area contributed by atoms with Gasteiger partial charge in [-0.3, -0.25) is 24.6 Å². The minimum Gasteiger partial charge on any atom is -0.324 e. The van der Waals surface area contributed by atoms with E-state index in [0.717, 1.165) is 4.90 Å². The summed E-state index contributed by atoms with van der Waals surface area (Å²) in [6.45, 7) is 0.868. The van der Waals surface area contributed by atoms with Gasteiger partial charge >= 0.3 is 6.03 Å². The van der Waals surface area contributed by atoms with Gasteiger partial charge in [-0.15, -0.1) is 0 Å². The summed E-state index contributed by atoms with van der Waals surface area (Å²) in [6, 6.07) is 12.7. The highest BCUT2D eigenvalue weighted by molar-refractivity contribution is 6.10. The van der Waals surface area contributed by atoms with Crippen LogP contribution in [-0.4, -0.2) is 34.2 Å². The highest BCUT2D eigenvalue weighted by Gasteiger charge is 2.49. The van der Waals surface area contributed by atoms with E-state index < -0.39 is 34.9 Å². The molecule has 1 saturated heterocycles. The number of urea groups is 1. The number of nitro groups is 1. The van der Waals surface area contributed by atoms with Crippen molar-refractivity contribution in [2.24, 2.45) is 0 Å². The van der Waals surface area contributed by atoms with Crippen molar-refractivity contribution in [1.82, 2.24) is 10.2 Å². The molecule has 0 aromatic heterocycles.